The minimum atomic E-state index is -0.208. The molecule has 0 saturated carbocycles. The van der Waals surface area contributed by atoms with Gasteiger partial charge in [-0.3, -0.25) is 0 Å². The molecule has 20 heavy (non-hydrogen) atoms. The van der Waals surface area contributed by atoms with E-state index >= 15 is 0 Å². The van der Waals surface area contributed by atoms with Crippen LogP contribution < -0.4 is 10.5 Å². The Morgan fingerprint density at radius 1 is 1.10 bits per heavy atom. The van der Waals surface area contributed by atoms with Crippen LogP contribution in [0.25, 0.3) is 0 Å². The third kappa shape index (κ3) is 3.17. The van der Waals surface area contributed by atoms with Crippen molar-refractivity contribution in [3.05, 3.63) is 64.5 Å². The molecular formula is C17H20FNO. The van der Waals surface area contributed by atoms with Gasteiger partial charge in [0.25, 0.3) is 0 Å². The van der Waals surface area contributed by atoms with Gasteiger partial charge in [0.2, 0.25) is 0 Å². The summed E-state index contributed by atoms with van der Waals surface area (Å²) in [6.45, 7) is 3.91. The molecule has 0 radical (unpaired) electrons. The van der Waals surface area contributed by atoms with Crippen molar-refractivity contribution in [2.45, 2.75) is 26.3 Å². The predicted molar refractivity (Wildman–Crippen MR) is 79.5 cm³/mol. The van der Waals surface area contributed by atoms with Crippen LogP contribution in [0.4, 0.5) is 4.39 Å². The first kappa shape index (κ1) is 14.5. The fourth-order valence-corrected chi connectivity index (χ4v) is 2.38. The molecule has 0 amide bonds. The lowest BCUT2D eigenvalue weighted by atomic mass is 9.95. The summed E-state index contributed by atoms with van der Waals surface area (Å²) >= 11 is 0. The van der Waals surface area contributed by atoms with Crippen LogP contribution in [0.3, 0.4) is 0 Å². The SMILES string of the molecule is COc1ccc(C(N)Cc2ccc(F)cc2C)cc1C. The molecule has 0 saturated heterocycles. The minimum Gasteiger partial charge on any atom is -0.496 e. The average molecular weight is 273 g/mol. The van der Waals surface area contributed by atoms with Crippen LogP contribution >= 0.6 is 0 Å². The van der Waals surface area contributed by atoms with Crippen LogP contribution in [-0.2, 0) is 6.42 Å². The summed E-state index contributed by atoms with van der Waals surface area (Å²) in [5.41, 5.74) is 10.4. The molecule has 0 aromatic heterocycles. The van der Waals surface area contributed by atoms with E-state index in [0.29, 0.717) is 6.42 Å². The Morgan fingerprint density at radius 3 is 2.45 bits per heavy atom. The van der Waals surface area contributed by atoms with Gasteiger partial charge in [-0.2, -0.15) is 0 Å². The predicted octanol–water partition coefficient (Wildman–Crippen LogP) is 3.69. The van der Waals surface area contributed by atoms with Crippen molar-refractivity contribution in [1.29, 1.82) is 0 Å². The smallest absolute Gasteiger partial charge is 0.123 e. The van der Waals surface area contributed by atoms with Gasteiger partial charge >= 0.3 is 0 Å². The number of rotatable bonds is 4. The Morgan fingerprint density at radius 2 is 1.85 bits per heavy atom. The number of nitrogens with two attached hydrogens (primary N) is 1. The molecule has 1 unspecified atom stereocenters. The van der Waals surface area contributed by atoms with Crippen LogP contribution in [0, 0.1) is 19.7 Å². The zero-order valence-electron chi connectivity index (χ0n) is 12.1. The fraction of sp³-hybridized carbons (Fsp3) is 0.294. The number of aryl methyl sites for hydroxylation is 2. The molecule has 0 aliphatic heterocycles. The summed E-state index contributed by atoms with van der Waals surface area (Å²) in [7, 11) is 1.66. The van der Waals surface area contributed by atoms with E-state index in [1.165, 1.54) is 6.07 Å². The molecule has 2 aromatic rings. The quantitative estimate of drug-likeness (QED) is 0.922. The molecule has 2 N–H and O–H groups in total. The summed E-state index contributed by atoms with van der Waals surface area (Å²) in [5.74, 6) is 0.652. The molecular weight excluding hydrogens is 253 g/mol. The highest BCUT2D eigenvalue weighted by Crippen LogP contribution is 2.24. The average Bonchev–Trinajstić information content (AvgIpc) is 2.41. The van der Waals surface area contributed by atoms with E-state index in [9.17, 15) is 4.39 Å². The first-order valence-corrected chi connectivity index (χ1v) is 6.66. The van der Waals surface area contributed by atoms with Gasteiger partial charge < -0.3 is 10.5 Å². The maximum atomic E-state index is 13.1. The second-order valence-electron chi connectivity index (χ2n) is 5.11. The third-order valence-electron chi connectivity index (χ3n) is 3.59. The number of halogens is 1. The van der Waals surface area contributed by atoms with Gasteiger partial charge in [-0.1, -0.05) is 18.2 Å². The van der Waals surface area contributed by atoms with E-state index in [0.717, 1.165) is 28.0 Å². The molecule has 0 spiro atoms. The van der Waals surface area contributed by atoms with E-state index in [4.69, 9.17) is 10.5 Å². The standard InChI is InChI=1S/C17H20FNO/c1-11-9-15(18)6-4-13(11)10-16(19)14-5-7-17(20-3)12(2)8-14/h4-9,16H,10,19H2,1-3H3. The molecule has 2 rings (SSSR count). The Bertz CT molecular complexity index is 610. The van der Waals surface area contributed by atoms with E-state index in [2.05, 4.69) is 0 Å². The normalized spacial score (nSPS) is 12.2. The highest BCUT2D eigenvalue weighted by Gasteiger charge is 2.11. The van der Waals surface area contributed by atoms with Gasteiger partial charge in [0.05, 0.1) is 7.11 Å². The lowest BCUT2D eigenvalue weighted by molar-refractivity contribution is 0.411. The fourth-order valence-electron chi connectivity index (χ4n) is 2.38. The lowest BCUT2D eigenvalue weighted by Gasteiger charge is -2.15. The Balaban J connectivity index is 2.19. The molecule has 2 aromatic carbocycles. The first-order valence-electron chi connectivity index (χ1n) is 6.66. The summed E-state index contributed by atoms with van der Waals surface area (Å²) in [5, 5.41) is 0. The summed E-state index contributed by atoms with van der Waals surface area (Å²) < 4.78 is 18.3. The molecule has 0 aliphatic rings. The molecule has 0 fully saturated rings. The molecule has 0 aliphatic carbocycles. The summed E-state index contributed by atoms with van der Waals surface area (Å²) in [6.07, 6.45) is 0.692. The van der Waals surface area contributed by atoms with Gasteiger partial charge in [-0.05, 0) is 60.7 Å². The van der Waals surface area contributed by atoms with E-state index in [1.54, 1.807) is 19.2 Å². The minimum absolute atomic E-state index is 0.108. The van der Waals surface area contributed by atoms with Gasteiger partial charge in [0, 0.05) is 6.04 Å². The lowest BCUT2D eigenvalue weighted by Crippen LogP contribution is -2.14. The van der Waals surface area contributed by atoms with Crippen molar-refractivity contribution >= 4 is 0 Å². The second-order valence-corrected chi connectivity index (χ2v) is 5.11. The van der Waals surface area contributed by atoms with E-state index < -0.39 is 0 Å². The van der Waals surface area contributed by atoms with E-state index in [1.807, 2.05) is 32.0 Å². The van der Waals surface area contributed by atoms with Crippen molar-refractivity contribution in [3.63, 3.8) is 0 Å². The third-order valence-corrected chi connectivity index (χ3v) is 3.59. The molecule has 1 atom stereocenters. The largest absolute Gasteiger partial charge is 0.496 e. The maximum Gasteiger partial charge on any atom is 0.123 e. The van der Waals surface area contributed by atoms with Gasteiger partial charge in [0.15, 0.2) is 0 Å². The van der Waals surface area contributed by atoms with Crippen LogP contribution in [-0.4, -0.2) is 7.11 Å². The van der Waals surface area contributed by atoms with Gasteiger partial charge in [-0.25, -0.2) is 4.39 Å². The highest BCUT2D eigenvalue weighted by molar-refractivity contribution is 5.38. The molecule has 0 heterocycles. The molecule has 0 bridgehead atoms. The van der Waals surface area contributed by atoms with Crippen molar-refractivity contribution in [1.82, 2.24) is 0 Å². The first-order chi connectivity index (χ1) is 9.51. The van der Waals surface area contributed by atoms with Crippen molar-refractivity contribution in [2.75, 3.05) is 7.11 Å². The molecule has 106 valence electrons. The number of ether oxygens (including phenoxy) is 1. The Hall–Kier alpha value is -1.87. The maximum absolute atomic E-state index is 13.1. The van der Waals surface area contributed by atoms with Crippen molar-refractivity contribution in [3.8, 4) is 5.75 Å². The number of hydrogen-bond acceptors (Lipinski definition) is 2. The highest BCUT2D eigenvalue weighted by atomic mass is 19.1. The number of benzene rings is 2. The number of methoxy groups -OCH3 is 1. The summed E-state index contributed by atoms with van der Waals surface area (Å²) in [4.78, 5) is 0. The zero-order chi connectivity index (χ0) is 14.7. The topological polar surface area (TPSA) is 35.2 Å². The van der Waals surface area contributed by atoms with Crippen LogP contribution in [0.1, 0.15) is 28.3 Å². The number of hydrogen-bond donors (Lipinski definition) is 1. The zero-order valence-corrected chi connectivity index (χ0v) is 12.1. The monoisotopic (exact) mass is 273 g/mol. The molecule has 3 heteroatoms. The summed E-state index contributed by atoms with van der Waals surface area (Å²) in [6, 6.07) is 10.7. The Labute approximate surface area is 119 Å². The van der Waals surface area contributed by atoms with Crippen molar-refractivity contribution in [2.24, 2.45) is 5.73 Å². The van der Waals surface area contributed by atoms with Gasteiger partial charge in [-0.15, -0.1) is 0 Å². The van der Waals surface area contributed by atoms with Crippen LogP contribution in [0.2, 0.25) is 0 Å². The van der Waals surface area contributed by atoms with Gasteiger partial charge in [0.1, 0.15) is 11.6 Å². The second kappa shape index (κ2) is 6.06. The Kier molecular flexibility index (Phi) is 4.40. The molecule has 2 nitrogen and oxygen atoms in total. The van der Waals surface area contributed by atoms with Crippen LogP contribution in [0.5, 0.6) is 5.75 Å². The van der Waals surface area contributed by atoms with Crippen molar-refractivity contribution < 1.29 is 9.13 Å². The van der Waals surface area contributed by atoms with E-state index in [-0.39, 0.29) is 11.9 Å². The van der Waals surface area contributed by atoms with Crippen LogP contribution in [0.15, 0.2) is 36.4 Å².